The molecule has 3 amide bonds. The molecule has 1 fully saturated rings. The van der Waals surface area contributed by atoms with Crippen molar-refractivity contribution in [3.05, 3.63) is 29.8 Å². The molecular weight excluding hydrogens is 471 g/mol. The largest absolute Gasteiger partial charge is 0.363 e. The molecule has 0 bridgehead atoms. The van der Waals surface area contributed by atoms with E-state index in [1.807, 2.05) is 22.6 Å². The Morgan fingerprint density at radius 2 is 1.88 bits per heavy atom. The number of carbonyl (C=O) groups is 4. The van der Waals surface area contributed by atoms with Gasteiger partial charge in [0, 0.05) is 5.69 Å². The summed E-state index contributed by atoms with van der Waals surface area (Å²) >= 11 is 1.88. The molecule has 0 radical (unpaired) electrons. The maximum atomic E-state index is 12.0. The van der Waals surface area contributed by atoms with E-state index in [0.29, 0.717) is 5.69 Å². The predicted octanol–water partition coefficient (Wildman–Crippen LogP) is 0.147. The maximum Gasteiger partial charge on any atom is 0.363 e. The minimum absolute atomic E-state index is 0.0204. The summed E-state index contributed by atoms with van der Waals surface area (Å²) in [6.07, 6.45) is -0.813. The molecule has 0 unspecified atom stereocenters. The van der Waals surface area contributed by atoms with Crippen LogP contribution >= 0.6 is 22.6 Å². The van der Waals surface area contributed by atoms with E-state index in [2.05, 4.69) is 10.2 Å². The van der Waals surface area contributed by atoms with Gasteiger partial charge in [-0.2, -0.15) is 8.42 Å². The van der Waals surface area contributed by atoms with Crippen molar-refractivity contribution >= 4 is 62.1 Å². The monoisotopic (exact) mass is 482 g/mol. The summed E-state index contributed by atoms with van der Waals surface area (Å²) in [5.41, 5.74) is 0.390. The minimum Gasteiger partial charge on any atom is -0.325 e. The van der Waals surface area contributed by atoms with Crippen molar-refractivity contribution in [2.24, 2.45) is 0 Å². The van der Waals surface area contributed by atoms with Gasteiger partial charge in [-0.25, -0.2) is 4.79 Å². The van der Waals surface area contributed by atoms with Crippen LogP contribution in [0.4, 0.5) is 5.69 Å². The van der Waals surface area contributed by atoms with E-state index in [0.717, 1.165) is 0 Å². The molecule has 12 heteroatoms. The summed E-state index contributed by atoms with van der Waals surface area (Å²) in [6.45, 7) is 0. The van der Waals surface area contributed by atoms with Crippen molar-refractivity contribution in [2.75, 3.05) is 9.74 Å². The molecule has 0 aromatic heterocycles. The number of hydroxylamine groups is 2. The number of benzene rings is 1. The molecule has 2 N–H and O–H groups in total. The normalized spacial score (nSPS) is 17.5. The number of amides is 3. The van der Waals surface area contributed by atoms with Crippen molar-refractivity contribution in [3.8, 4) is 0 Å². The van der Waals surface area contributed by atoms with Crippen LogP contribution < -0.4 is 5.32 Å². The van der Waals surface area contributed by atoms with E-state index < -0.39 is 39.6 Å². The fourth-order valence-corrected chi connectivity index (χ4v) is 2.83. The van der Waals surface area contributed by atoms with Gasteiger partial charge in [-0.15, -0.1) is 5.06 Å². The van der Waals surface area contributed by atoms with Gasteiger partial charge in [0.25, 0.3) is 21.9 Å². The second-order valence-corrected chi connectivity index (χ2v) is 7.23. The van der Waals surface area contributed by atoms with Crippen LogP contribution in [-0.4, -0.2) is 51.4 Å². The third-order valence-corrected chi connectivity index (χ3v) is 4.90. The van der Waals surface area contributed by atoms with Crippen LogP contribution in [0.3, 0.4) is 0 Å². The maximum absolute atomic E-state index is 12.0. The summed E-state index contributed by atoms with van der Waals surface area (Å²) in [6, 6.07) is 5.40. The number of nitrogens with one attached hydrogen (secondary N) is 1. The summed E-state index contributed by atoms with van der Waals surface area (Å²) in [7, 11) is -4.78. The zero-order valence-corrected chi connectivity index (χ0v) is 15.3. The van der Waals surface area contributed by atoms with Crippen molar-refractivity contribution in [1.82, 2.24) is 5.06 Å². The third-order valence-electron chi connectivity index (χ3n) is 3.12. The zero-order valence-electron chi connectivity index (χ0n) is 12.3. The first-order chi connectivity index (χ1) is 11.6. The highest BCUT2D eigenvalue weighted by Crippen LogP contribution is 2.21. The number of halogens is 1. The molecule has 1 aromatic carbocycles. The van der Waals surface area contributed by atoms with E-state index in [1.165, 1.54) is 24.3 Å². The minimum atomic E-state index is -4.78. The lowest BCUT2D eigenvalue weighted by Gasteiger charge is -2.13. The molecule has 0 saturated carbocycles. The molecule has 1 aliphatic rings. The third kappa shape index (κ3) is 4.52. The molecule has 1 saturated heterocycles. The summed E-state index contributed by atoms with van der Waals surface area (Å²) in [5.74, 6) is -3.72. The topological polar surface area (TPSA) is 147 Å². The number of nitrogens with zero attached hydrogens (tertiary/aromatic N) is 1. The fraction of sp³-hybridized carbons (Fsp3) is 0.231. The van der Waals surface area contributed by atoms with Gasteiger partial charge >= 0.3 is 5.97 Å². The lowest BCUT2D eigenvalue weighted by atomic mass is 10.2. The van der Waals surface area contributed by atoms with E-state index in [9.17, 15) is 27.6 Å². The van der Waals surface area contributed by atoms with Crippen LogP contribution in [0, 0.1) is 0 Å². The Labute approximate surface area is 155 Å². The Hall–Kier alpha value is -2.06. The van der Waals surface area contributed by atoms with Gasteiger partial charge < -0.3 is 10.2 Å². The van der Waals surface area contributed by atoms with Crippen LogP contribution in [0.2, 0.25) is 0 Å². The van der Waals surface area contributed by atoms with Crippen LogP contribution in [0.25, 0.3) is 0 Å². The molecule has 2 rings (SSSR count). The predicted molar refractivity (Wildman–Crippen MR) is 91.2 cm³/mol. The summed E-state index contributed by atoms with van der Waals surface area (Å²) in [4.78, 5) is 51.2. The van der Waals surface area contributed by atoms with Crippen LogP contribution in [0.1, 0.15) is 16.8 Å². The molecule has 10 nitrogen and oxygen atoms in total. The number of hydrogen-bond donors (Lipinski definition) is 2. The van der Waals surface area contributed by atoms with Gasteiger partial charge in [0.15, 0.2) is 5.25 Å². The molecular formula is C13H11IN2O8S. The van der Waals surface area contributed by atoms with Crippen LogP contribution in [0.5, 0.6) is 0 Å². The Morgan fingerprint density at radius 1 is 1.28 bits per heavy atom. The van der Waals surface area contributed by atoms with Gasteiger partial charge in [0.05, 0.1) is 16.4 Å². The summed E-state index contributed by atoms with van der Waals surface area (Å²) in [5, 5.41) is 0.589. The van der Waals surface area contributed by atoms with Gasteiger partial charge in [0.2, 0.25) is 5.91 Å². The Kier molecular flexibility index (Phi) is 5.74. The number of carbonyl (C=O) groups excluding carboxylic acids is 4. The fourth-order valence-electron chi connectivity index (χ4n) is 1.93. The molecule has 0 spiro atoms. The molecule has 1 heterocycles. The molecule has 25 heavy (non-hydrogen) atoms. The van der Waals surface area contributed by atoms with Gasteiger partial charge in [-0.05, 0) is 24.3 Å². The van der Waals surface area contributed by atoms with Crippen molar-refractivity contribution < 1.29 is 37.0 Å². The molecule has 0 aliphatic carbocycles. The smallest absolute Gasteiger partial charge is 0.325 e. The molecule has 134 valence electrons. The second-order valence-electron chi connectivity index (χ2n) is 4.87. The van der Waals surface area contributed by atoms with Crippen LogP contribution in [-0.2, 0) is 29.3 Å². The second kappa shape index (κ2) is 7.45. The van der Waals surface area contributed by atoms with E-state index in [1.54, 1.807) is 0 Å². The number of anilines is 1. The zero-order chi connectivity index (χ0) is 18.8. The Morgan fingerprint density at radius 3 is 2.36 bits per heavy atom. The standard InChI is InChI=1S/C13H11IN2O8S/c14-6-10(17)15-8-3-1-7(2-4-8)13(20)24-16-11(18)5-9(12(16)19)25(21,22)23/h1-4,9H,5-6H2,(H,15,17)(H,21,22,23)/t9-/m0/s1. The van der Waals surface area contributed by atoms with E-state index in [4.69, 9.17) is 4.55 Å². The molecule has 1 aliphatic heterocycles. The SMILES string of the molecule is O=C(CI)Nc1ccc(C(=O)ON2C(=O)C[C@H](S(=O)(=O)O)C2=O)cc1. The number of imide groups is 1. The van der Waals surface area contributed by atoms with Crippen molar-refractivity contribution in [2.45, 2.75) is 11.7 Å². The highest BCUT2D eigenvalue weighted by Gasteiger charge is 2.48. The van der Waals surface area contributed by atoms with Gasteiger partial charge in [-0.1, -0.05) is 22.6 Å². The number of rotatable bonds is 5. The van der Waals surface area contributed by atoms with Crippen LogP contribution in [0.15, 0.2) is 24.3 Å². The lowest BCUT2D eigenvalue weighted by molar-refractivity contribution is -0.172. The Balaban J connectivity index is 2.08. The highest BCUT2D eigenvalue weighted by atomic mass is 127. The first kappa shape index (κ1) is 19.3. The van der Waals surface area contributed by atoms with Crippen molar-refractivity contribution in [3.63, 3.8) is 0 Å². The average Bonchev–Trinajstić information content (AvgIpc) is 2.83. The summed E-state index contributed by atoms with van der Waals surface area (Å²) < 4.78 is 31.2. The van der Waals surface area contributed by atoms with Gasteiger partial charge in [-0.3, -0.25) is 18.9 Å². The number of alkyl halides is 1. The van der Waals surface area contributed by atoms with Crippen molar-refractivity contribution in [1.29, 1.82) is 0 Å². The van der Waals surface area contributed by atoms with Gasteiger partial charge in [0.1, 0.15) is 0 Å². The van der Waals surface area contributed by atoms with E-state index >= 15 is 0 Å². The lowest BCUT2D eigenvalue weighted by Crippen LogP contribution is -2.36. The quantitative estimate of drug-likeness (QED) is 0.261. The molecule has 1 atom stereocenters. The highest BCUT2D eigenvalue weighted by molar-refractivity contribution is 14.1. The first-order valence-electron chi connectivity index (χ1n) is 6.64. The van der Waals surface area contributed by atoms with E-state index in [-0.39, 0.29) is 21.0 Å². The molecule has 1 aromatic rings. The average molecular weight is 482 g/mol. The number of hydrogen-bond acceptors (Lipinski definition) is 7. The first-order valence-corrected chi connectivity index (χ1v) is 9.67. The Bertz CT molecular complexity index is 836.